The first-order chi connectivity index (χ1) is 21.0. The number of carbonyl (C=O) groups excluding carboxylic acids is 2. The number of aromatic nitrogens is 3. The zero-order valence-electron chi connectivity index (χ0n) is 24.9. The highest BCUT2D eigenvalue weighted by atomic mass is 32.2. The van der Waals surface area contributed by atoms with Gasteiger partial charge >= 0.3 is 0 Å². The maximum atomic E-state index is 13.0. The summed E-state index contributed by atoms with van der Waals surface area (Å²) in [5.41, 5.74) is 4.46. The van der Waals surface area contributed by atoms with E-state index in [2.05, 4.69) is 58.1 Å². The van der Waals surface area contributed by atoms with Crippen LogP contribution in [0.15, 0.2) is 96.2 Å². The number of benzene rings is 3. The zero-order chi connectivity index (χ0) is 30.0. The smallest absolute Gasteiger partial charge is 0.246 e. The molecular formula is C35H39N5O2S. The molecule has 43 heavy (non-hydrogen) atoms. The van der Waals surface area contributed by atoms with Crippen LogP contribution in [0, 0.1) is 6.92 Å². The molecule has 1 atom stereocenters. The molecule has 0 bridgehead atoms. The number of unbranched alkanes of at least 4 members (excludes halogenated alkanes) is 1. The number of nitrogens with zero attached hydrogens (tertiary/aromatic N) is 5. The van der Waals surface area contributed by atoms with Crippen LogP contribution in [0.2, 0.25) is 0 Å². The highest BCUT2D eigenvalue weighted by molar-refractivity contribution is 7.99. The monoisotopic (exact) mass is 593 g/mol. The molecule has 0 N–H and O–H groups in total. The Kier molecular flexibility index (Phi) is 10.4. The van der Waals surface area contributed by atoms with Crippen LogP contribution in [0.25, 0.3) is 11.8 Å². The van der Waals surface area contributed by atoms with Gasteiger partial charge < -0.3 is 9.80 Å². The third-order valence-electron chi connectivity index (χ3n) is 7.69. The molecule has 1 aliphatic heterocycles. The maximum absolute atomic E-state index is 13.0. The molecule has 0 spiro atoms. The first kappa shape index (κ1) is 30.3. The standard InChI is InChI=1S/C35H39N5O2S/c1-27-16-19-31(20-17-27)40-32(25-30-13-7-4-8-14-30)36-37-35(40)43-24-10-9-15-33(41)38-22-23-39(28(2)26-38)34(42)21-18-29-11-5-3-6-12-29/h3-8,11-14,16-21,28H,9-10,15,22-26H2,1-2H3/b21-18+. The zero-order valence-corrected chi connectivity index (χ0v) is 25.7. The normalized spacial score (nSPS) is 15.3. The lowest BCUT2D eigenvalue weighted by atomic mass is 10.1. The van der Waals surface area contributed by atoms with Crippen LogP contribution in [-0.2, 0) is 16.0 Å². The highest BCUT2D eigenvalue weighted by Gasteiger charge is 2.28. The molecule has 3 aromatic carbocycles. The molecule has 2 heterocycles. The number of carbonyl (C=O) groups is 2. The second-order valence-electron chi connectivity index (χ2n) is 11.0. The molecule has 1 fully saturated rings. The van der Waals surface area contributed by atoms with Gasteiger partial charge in [-0.25, -0.2) is 0 Å². The van der Waals surface area contributed by atoms with Crippen molar-refractivity contribution >= 4 is 29.7 Å². The van der Waals surface area contributed by atoms with Gasteiger partial charge in [-0.3, -0.25) is 14.2 Å². The molecule has 222 valence electrons. The van der Waals surface area contributed by atoms with Crippen LogP contribution in [0.5, 0.6) is 0 Å². The molecule has 0 radical (unpaired) electrons. The predicted molar refractivity (Wildman–Crippen MR) is 173 cm³/mol. The van der Waals surface area contributed by atoms with Crippen molar-refractivity contribution in [1.29, 1.82) is 0 Å². The fraction of sp³-hybridized carbons (Fsp3) is 0.314. The molecular weight excluding hydrogens is 554 g/mol. The first-order valence-electron chi connectivity index (χ1n) is 15.0. The van der Waals surface area contributed by atoms with E-state index in [0.717, 1.165) is 40.8 Å². The fourth-order valence-electron chi connectivity index (χ4n) is 5.28. The molecule has 8 heteroatoms. The van der Waals surface area contributed by atoms with Crippen LogP contribution in [0.3, 0.4) is 0 Å². The van der Waals surface area contributed by atoms with Crippen molar-refractivity contribution in [1.82, 2.24) is 24.6 Å². The predicted octanol–water partition coefficient (Wildman–Crippen LogP) is 6.20. The van der Waals surface area contributed by atoms with E-state index in [1.165, 1.54) is 11.1 Å². The largest absolute Gasteiger partial charge is 0.339 e. The van der Waals surface area contributed by atoms with Crippen LogP contribution < -0.4 is 0 Å². The van der Waals surface area contributed by atoms with Crippen molar-refractivity contribution in [3.05, 3.63) is 114 Å². The second kappa shape index (κ2) is 14.8. The number of hydrogen-bond acceptors (Lipinski definition) is 5. The molecule has 0 saturated carbocycles. The number of hydrogen-bond donors (Lipinski definition) is 0. The minimum atomic E-state index is -0.0144. The summed E-state index contributed by atoms with van der Waals surface area (Å²) in [6.07, 6.45) is 6.41. The summed E-state index contributed by atoms with van der Waals surface area (Å²) >= 11 is 1.69. The van der Waals surface area contributed by atoms with Gasteiger partial charge in [0.1, 0.15) is 5.82 Å². The SMILES string of the molecule is Cc1ccc(-n2c(Cc3ccccc3)nnc2SCCCCC(=O)N2CCN(C(=O)/C=C/c3ccccc3)C(C)C2)cc1. The van der Waals surface area contributed by atoms with Crippen molar-refractivity contribution in [3.63, 3.8) is 0 Å². The Bertz CT molecular complexity index is 1520. The summed E-state index contributed by atoms with van der Waals surface area (Å²) in [6, 6.07) is 28.6. The van der Waals surface area contributed by atoms with E-state index in [1.54, 1.807) is 17.8 Å². The van der Waals surface area contributed by atoms with Crippen molar-refractivity contribution in [2.24, 2.45) is 0 Å². The molecule has 1 saturated heterocycles. The molecule has 7 nitrogen and oxygen atoms in total. The van der Waals surface area contributed by atoms with Gasteiger partial charge in [0.2, 0.25) is 11.8 Å². The summed E-state index contributed by atoms with van der Waals surface area (Å²) < 4.78 is 2.15. The minimum Gasteiger partial charge on any atom is -0.339 e. The lowest BCUT2D eigenvalue weighted by Gasteiger charge is -2.39. The molecule has 2 amide bonds. The Morgan fingerprint density at radius 2 is 1.63 bits per heavy atom. The van der Waals surface area contributed by atoms with E-state index in [0.29, 0.717) is 32.5 Å². The average Bonchev–Trinajstić information content (AvgIpc) is 3.42. The second-order valence-corrected chi connectivity index (χ2v) is 12.1. The van der Waals surface area contributed by atoms with E-state index in [-0.39, 0.29) is 17.9 Å². The number of aryl methyl sites for hydroxylation is 1. The van der Waals surface area contributed by atoms with Crippen LogP contribution >= 0.6 is 11.8 Å². The van der Waals surface area contributed by atoms with Crippen LogP contribution in [0.4, 0.5) is 0 Å². The van der Waals surface area contributed by atoms with E-state index < -0.39 is 0 Å². The molecule has 1 aliphatic rings. The van der Waals surface area contributed by atoms with Crippen molar-refractivity contribution < 1.29 is 9.59 Å². The van der Waals surface area contributed by atoms with Crippen molar-refractivity contribution in [3.8, 4) is 5.69 Å². The van der Waals surface area contributed by atoms with Crippen LogP contribution in [-0.4, -0.2) is 67.8 Å². The lowest BCUT2D eigenvalue weighted by molar-refractivity contribution is -0.139. The summed E-state index contributed by atoms with van der Waals surface area (Å²) in [4.78, 5) is 29.5. The molecule has 4 aromatic rings. The van der Waals surface area contributed by atoms with E-state index in [1.807, 2.05) is 71.3 Å². The topological polar surface area (TPSA) is 71.3 Å². The number of rotatable bonds is 11. The summed E-state index contributed by atoms with van der Waals surface area (Å²) in [6.45, 7) is 5.80. The molecule has 1 aromatic heterocycles. The van der Waals surface area contributed by atoms with Gasteiger partial charge in [-0.15, -0.1) is 10.2 Å². The van der Waals surface area contributed by atoms with Crippen molar-refractivity contribution in [2.45, 2.75) is 50.7 Å². The highest BCUT2D eigenvalue weighted by Crippen LogP contribution is 2.25. The van der Waals surface area contributed by atoms with Gasteiger partial charge in [-0.05, 0) is 56.0 Å². The Balaban J connectivity index is 1.10. The van der Waals surface area contributed by atoms with E-state index >= 15 is 0 Å². The quantitative estimate of drug-likeness (QED) is 0.118. The maximum Gasteiger partial charge on any atom is 0.246 e. The van der Waals surface area contributed by atoms with Crippen LogP contribution in [0.1, 0.15) is 48.7 Å². The Morgan fingerprint density at radius 3 is 2.35 bits per heavy atom. The third kappa shape index (κ3) is 8.23. The summed E-state index contributed by atoms with van der Waals surface area (Å²) in [5, 5.41) is 9.96. The van der Waals surface area contributed by atoms with E-state index in [9.17, 15) is 9.59 Å². The van der Waals surface area contributed by atoms with Gasteiger partial charge in [0.05, 0.1) is 0 Å². The van der Waals surface area contributed by atoms with Gasteiger partial charge in [0, 0.05) is 56.0 Å². The number of thioether (sulfide) groups is 1. The van der Waals surface area contributed by atoms with Gasteiger partial charge in [0.15, 0.2) is 5.16 Å². The lowest BCUT2D eigenvalue weighted by Crippen LogP contribution is -2.55. The average molecular weight is 594 g/mol. The molecule has 1 unspecified atom stereocenters. The van der Waals surface area contributed by atoms with E-state index in [4.69, 9.17) is 0 Å². The first-order valence-corrected chi connectivity index (χ1v) is 16.0. The minimum absolute atomic E-state index is 0.00843. The Morgan fingerprint density at radius 1 is 0.907 bits per heavy atom. The third-order valence-corrected chi connectivity index (χ3v) is 8.71. The Labute approximate surface area is 258 Å². The molecule has 5 rings (SSSR count). The summed E-state index contributed by atoms with van der Waals surface area (Å²) in [5.74, 6) is 1.92. The number of amides is 2. The van der Waals surface area contributed by atoms with Crippen molar-refractivity contribution in [2.75, 3.05) is 25.4 Å². The summed E-state index contributed by atoms with van der Waals surface area (Å²) in [7, 11) is 0. The van der Waals surface area contributed by atoms with Gasteiger partial charge in [-0.2, -0.15) is 0 Å². The number of piperazine rings is 1. The molecule has 0 aliphatic carbocycles. The van der Waals surface area contributed by atoms with Gasteiger partial charge in [-0.1, -0.05) is 90.1 Å². The van der Waals surface area contributed by atoms with Gasteiger partial charge in [0.25, 0.3) is 0 Å². The Hall–Kier alpha value is -4.17. The fourth-order valence-corrected chi connectivity index (χ4v) is 6.25.